The summed E-state index contributed by atoms with van der Waals surface area (Å²) in [5.74, 6) is -0.0651. The maximum absolute atomic E-state index is 13.0. The zero-order valence-electron chi connectivity index (χ0n) is 17.4. The van der Waals surface area contributed by atoms with Crippen LogP contribution in [0.25, 0.3) is 0 Å². The summed E-state index contributed by atoms with van der Waals surface area (Å²) in [6, 6.07) is 15.6. The lowest BCUT2D eigenvalue weighted by Gasteiger charge is -2.26. The molecule has 2 heterocycles. The molecule has 0 bridgehead atoms. The van der Waals surface area contributed by atoms with E-state index in [2.05, 4.69) is 38.0 Å². The van der Waals surface area contributed by atoms with Crippen LogP contribution in [0.5, 0.6) is 0 Å². The second-order valence-electron chi connectivity index (χ2n) is 8.68. The van der Waals surface area contributed by atoms with Crippen LogP contribution in [0.3, 0.4) is 0 Å². The number of carbonyl (C=O) groups is 1. The van der Waals surface area contributed by atoms with Crippen molar-refractivity contribution in [3.05, 3.63) is 86.6 Å². The van der Waals surface area contributed by atoms with Crippen molar-refractivity contribution in [2.24, 2.45) is 0 Å². The van der Waals surface area contributed by atoms with Gasteiger partial charge in [0, 0.05) is 24.7 Å². The van der Waals surface area contributed by atoms with Gasteiger partial charge in [0.1, 0.15) is 0 Å². The fourth-order valence-corrected chi connectivity index (χ4v) is 3.83. The van der Waals surface area contributed by atoms with E-state index in [4.69, 9.17) is 11.6 Å². The van der Waals surface area contributed by atoms with Crippen LogP contribution in [0.4, 0.5) is 0 Å². The molecule has 7 heteroatoms. The van der Waals surface area contributed by atoms with Gasteiger partial charge in [-0.25, -0.2) is 9.48 Å². The Kier molecular flexibility index (Phi) is 5.28. The fraction of sp³-hybridized carbons (Fsp3) is 0.348. The normalized spacial score (nSPS) is 14.1. The monoisotopic (exact) mass is 424 g/mol. The van der Waals surface area contributed by atoms with Gasteiger partial charge in [-0.05, 0) is 28.2 Å². The highest BCUT2D eigenvalue weighted by Gasteiger charge is 2.30. The predicted molar refractivity (Wildman–Crippen MR) is 117 cm³/mol. The molecule has 30 heavy (non-hydrogen) atoms. The molecule has 0 unspecified atom stereocenters. The van der Waals surface area contributed by atoms with Gasteiger partial charge < -0.3 is 4.90 Å². The van der Waals surface area contributed by atoms with Crippen LogP contribution in [0.2, 0.25) is 5.02 Å². The van der Waals surface area contributed by atoms with Crippen LogP contribution in [0.1, 0.15) is 48.1 Å². The Morgan fingerprint density at radius 3 is 2.33 bits per heavy atom. The van der Waals surface area contributed by atoms with Crippen LogP contribution < -0.4 is 5.69 Å². The van der Waals surface area contributed by atoms with E-state index in [1.165, 1.54) is 14.8 Å². The number of hydrogen-bond donors (Lipinski definition) is 0. The Balaban J connectivity index is 1.55. The Morgan fingerprint density at radius 2 is 1.67 bits per heavy atom. The summed E-state index contributed by atoms with van der Waals surface area (Å²) in [6.45, 7) is 8.09. The molecule has 4 rings (SSSR count). The van der Waals surface area contributed by atoms with Crippen LogP contribution in [-0.2, 0) is 25.0 Å². The molecule has 2 aromatic carbocycles. The van der Waals surface area contributed by atoms with Crippen molar-refractivity contribution in [3.63, 3.8) is 0 Å². The highest BCUT2D eigenvalue weighted by atomic mass is 35.5. The molecule has 1 aliphatic rings. The van der Waals surface area contributed by atoms with E-state index in [-0.39, 0.29) is 22.8 Å². The van der Waals surface area contributed by atoms with Gasteiger partial charge >= 0.3 is 5.69 Å². The number of aromatic nitrogens is 3. The zero-order valence-corrected chi connectivity index (χ0v) is 18.2. The number of halogens is 1. The maximum atomic E-state index is 13.0. The average molecular weight is 425 g/mol. The Bertz CT molecular complexity index is 1140. The third-order valence-electron chi connectivity index (χ3n) is 5.47. The highest BCUT2D eigenvalue weighted by Crippen LogP contribution is 2.22. The molecule has 0 fully saturated rings. The Hall–Kier alpha value is -2.86. The average Bonchev–Trinajstić information content (AvgIpc) is 3.02. The SMILES string of the molecule is CC(C)(C)c1ccc(Cn2nc3n(c2=O)CCN(Cc2ccccc2Cl)C3=O)cc1. The highest BCUT2D eigenvalue weighted by molar-refractivity contribution is 6.31. The molecule has 0 N–H and O–H groups in total. The minimum atomic E-state index is -0.254. The van der Waals surface area contributed by atoms with Gasteiger partial charge in [-0.3, -0.25) is 9.36 Å². The summed E-state index contributed by atoms with van der Waals surface area (Å²) >= 11 is 6.24. The molecule has 0 saturated carbocycles. The van der Waals surface area contributed by atoms with Gasteiger partial charge in [-0.2, -0.15) is 0 Å². The van der Waals surface area contributed by atoms with E-state index in [1.807, 2.05) is 30.3 Å². The first-order chi connectivity index (χ1) is 14.2. The lowest BCUT2D eigenvalue weighted by atomic mass is 9.87. The molecule has 0 spiro atoms. The standard InChI is InChI=1S/C23H25ClN4O2/c1-23(2,3)18-10-8-16(9-11-18)14-28-22(30)27-13-12-26(21(29)20(27)25-28)15-17-6-4-5-7-19(17)24/h4-11H,12-15H2,1-3H3. The van der Waals surface area contributed by atoms with Crippen LogP contribution in [0, 0.1) is 0 Å². The first kappa shape index (κ1) is 20.4. The lowest BCUT2D eigenvalue weighted by Crippen LogP contribution is -2.42. The number of benzene rings is 2. The van der Waals surface area contributed by atoms with Gasteiger partial charge in [0.05, 0.1) is 6.54 Å². The van der Waals surface area contributed by atoms with Gasteiger partial charge in [0.25, 0.3) is 5.91 Å². The van der Waals surface area contributed by atoms with E-state index in [9.17, 15) is 9.59 Å². The van der Waals surface area contributed by atoms with Gasteiger partial charge in [0.15, 0.2) is 0 Å². The molecule has 3 aromatic rings. The van der Waals surface area contributed by atoms with Crippen LogP contribution in [0.15, 0.2) is 53.3 Å². The van der Waals surface area contributed by atoms with E-state index in [0.717, 1.165) is 11.1 Å². The molecule has 0 saturated heterocycles. The number of amides is 1. The molecule has 156 valence electrons. The van der Waals surface area contributed by atoms with E-state index in [1.54, 1.807) is 11.0 Å². The number of rotatable bonds is 4. The lowest BCUT2D eigenvalue weighted by molar-refractivity contribution is 0.0681. The smallest absolute Gasteiger partial charge is 0.330 e. The van der Waals surface area contributed by atoms with Crippen LogP contribution in [-0.4, -0.2) is 31.7 Å². The van der Waals surface area contributed by atoms with Gasteiger partial charge in [-0.1, -0.05) is 74.8 Å². The van der Waals surface area contributed by atoms with E-state index in [0.29, 0.717) is 31.2 Å². The molecular formula is C23H25ClN4O2. The summed E-state index contributed by atoms with van der Waals surface area (Å²) < 4.78 is 2.84. The third-order valence-corrected chi connectivity index (χ3v) is 5.83. The van der Waals surface area contributed by atoms with Crippen molar-refractivity contribution in [2.75, 3.05) is 6.54 Å². The van der Waals surface area contributed by atoms with Crippen LogP contribution >= 0.6 is 11.6 Å². The number of nitrogens with zero attached hydrogens (tertiary/aromatic N) is 4. The molecule has 6 nitrogen and oxygen atoms in total. The van der Waals surface area contributed by atoms with Crippen molar-refractivity contribution >= 4 is 17.5 Å². The minimum absolute atomic E-state index is 0.0698. The molecule has 1 amide bonds. The van der Waals surface area contributed by atoms with Gasteiger partial charge in [0.2, 0.25) is 5.82 Å². The fourth-order valence-electron chi connectivity index (χ4n) is 3.63. The van der Waals surface area contributed by atoms with Crippen molar-refractivity contribution in [3.8, 4) is 0 Å². The number of carbonyl (C=O) groups excluding carboxylic acids is 1. The first-order valence-electron chi connectivity index (χ1n) is 10.0. The zero-order chi connectivity index (χ0) is 21.5. The second kappa shape index (κ2) is 7.76. The summed E-state index contributed by atoms with van der Waals surface area (Å²) in [6.07, 6.45) is 0. The predicted octanol–water partition coefficient (Wildman–Crippen LogP) is 3.70. The number of fused-ring (bicyclic) bond motifs is 1. The first-order valence-corrected chi connectivity index (χ1v) is 10.4. The molecule has 0 radical (unpaired) electrons. The summed E-state index contributed by atoms with van der Waals surface area (Å²) in [5, 5.41) is 4.98. The maximum Gasteiger partial charge on any atom is 0.346 e. The molecule has 1 aliphatic heterocycles. The molecule has 0 aliphatic carbocycles. The summed E-state index contributed by atoms with van der Waals surface area (Å²) in [4.78, 5) is 27.4. The van der Waals surface area contributed by atoms with Crippen molar-refractivity contribution in [1.29, 1.82) is 0 Å². The Morgan fingerprint density at radius 1 is 0.967 bits per heavy atom. The van der Waals surface area contributed by atoms with E-state index < -0.39 is 0 Å². The third kappa shape index (κ3) is 3.92. The van der Waals surface area contributed by atoms with Crippen molar-refractivity contribution in [1.82, 2.24) is 19.2 Å². The number of hydrogen-bond acceptors (Lipinski definition) is 3. The largest absolute Gasteiger partial charge is 0.346 e. The molecule has 1 aromatic heterocycles. The topological polar surface area (TPSA) is 60.1 Å². The minimum Gasteiger partial charge on any atom is -0.330 e. The Labute approximate surface area is 180 Å². The molecule has 0 atom stereocenters. The quantitative estimate of drug-likeness (QED) is 0.641. The van der Waals surface area contributed by atoms with Crippen molar-refractivity contribution in [2.45, 2.75) is 45.8 Å². The van der Waals surface area contributed by atoms with Gasteiger partial charge in [-0.15, -0.1) is 5.10 Å². The van der Waals surface area contributed by atoms with E-state index >= 15 is 0 Å². The second-order valence-corrected chi connectivity index (χ2v) is 9.09. The summed E-state index contributed by atoms with van der Waals surface area (Å²) in [7, 11) is 0. The molecular weight excluding hydrogens is 400 g/mol. The summed E-state index contributed by atoms with van der Waals surface area (Å²) in [5.41, 5.74) is 2.90. The van der Waals surface area contributed by atoms with Crippen molar-refractivity contribution < 1.29 is 4.79 Å².